The molecule has 30 heavy (non-hydrogen) atoms. The highest BCUT2D eigenvalue weighted by molar-refractivity contribution is 5.93. The first kappa shape index (κ1) is 20.0. The molecule has 1 fully saturated rings. The third-order valence-electron chi connectivity index (χ3n) is 5.20. The molecule has 8 heteroatoms. The Labute approximate surface area is 174 Å². The predicted molar refractivity (Wildman–Crippen MR) is 110 cm³/mol. The van der Waals surface area contributed by atoms with Crippen molar-refractivity contribution in [2.24, 2.45) is 7.05 Å². The van der Waals surface area contributed by atoms with Crippen LogP contribution in [0.25, 0.3) is 11.3 Å². The summed E-state index contributed by atoms with van der Waals surface area (Å²) in [6.07, 6.45) is 1.48. The van der Waals surface area contributed by atoms with E-state index in [1.807, 2.05) is 24.8 Å². The lowest BCUT2D eigenvalue weighted by atomic mass is 10.1. The number of aryl methyl sites for hydroxylation is 3. The van der Waals surface area contributed by atoms with E-state index < -0.39 is 0 Å². The molecular weight excluding hydrogens is 385 g/mol. The van der Waals surface area contributed by atoms with E-state index in [0.717, 1.165) is 24.1 Å². The molecule has 0 N–H and O–H groups in total. The van der Waals surface area contributed by atoms with E-state index in [1.165, 1.54) is 12.1 Å². The van der Waals surface area contributed by atoms with Crippen LogP contribution in [-0.2, 0) is 7.05 Å². The molecule has 156 valence electrons. The molecule has 0 spiro atoms. The van der Waals surface area contributed by atoms with Gasteiger partial charge in [0.2, 0.25) is 5.88 Å². The number of aromatic nitrogens is 4. The molecule has 0 saturated carbocycles. The van der Waals surface area contributed by atoms with Gasteiger partial charge in [0.05, 0.1) is 5.69 Å². The minimum absolute atomic E-state index is 0.0177. The maximum absolute atomic E-state index is 13.2. The van der Waals surface area contributed by atoms with Crippen LogP contribution in [0.1, 0.15) is 34.8 Å². The van der Waals surface area contributed by atoms with Crippen LogP contribution in [0.2, 0.25) is 0 Å². The molecule has 1 aliphatic rings. The first-order chi connectivity index (χ1) is 14.4. The molecule has 0 radical (unpaired) electrons. The van der Waals surface area contributed by atoms with Crippen molar-refractivity contribution in [2.75, 3.05) is 13.1 Å². The summed E-state index contributed by atoms with van der Waals surface area (Å²) in [6, 6.07) is 9.67. The van der Waals surface area contributed by atoms with Gasteiger partial charge >= 0.3 is 0 Å². The maximum atomic E-state index is 13.2. The Morgan fingerprint density at radius 3 is 2.47 bits per heavy atom. The number of halogens is 1. The third kappa shape index (κ3) is 4.32. The van der Waals surface area contributed by atoms with Gasteiger partial charge in [-0.15, -0.1) is 0 Å². The van der Waals surface area contributed by atoms with Gasteiger partial charge in [0.25, 0.3) is 5.91 Å². The smallest absolute Gasteiger partial charge is 0.272 e. The molecule has 3 aromatic rings. The second kappa shape index (κ2) is 8.22. The van der Waals surface area contributed by atoms with Gasteiger partial charge in [-0.25, -0.2) is 9.37 Å². The molecule has 1 aromatic carbocycles. The van der Waals surface area contributed by atoms with Crippen LogP contribution < -0.4 is 4.74 Å². The Kier molecular flexibility index (Phi) is 5.48. The fraction of sp³-hybridized carbons (Fsp3) is 0.364. The number of carbonyl (C=O) groups is 1. The van der Waals surface area contributed by atoms with Crippen LogP contribution in [0.4, 0.5) is 4.39 Å². The quantitative estimate of drug-likeness (QED) is 0.661. The van der Waals surface area contributed by atoms with E-state index in [1.54, 1.807) is 29.9 Å². The average molecular weight is 409 g/mol. The molecule has 4 rings (SSSR count). The molecule has 0 aliphatic carbocycles. The van der Waals surface area contributed by atoms with Gasteiger partial charge in [0.1, 0.15) is 23.4 Å². The number of benzene rings is 1. The summed E-state index contributed by atoms with van der Waals surface area (Å²) in [7, 11) is 1.75. The average Bonchev–Trinajstić information content (AvgIpc) is 3.09. The number of hydrogen-bond donors (Lipinski definition) is 0. The number of likely N-dealkylation sites (tertiary alicyclic amines) is 1. The van der Waals surface area contributed by atoms with Crippen molar-refractivity contribution >= 4 is 5.91 Å². The van der Waals surface area contributed by atoms with Crippen molar-refractivity contribution in [2.45, 2.75) is 32.8 Å². The van der Waals surface area contributed by atoms with Gasteiger partial charge < -0.3 is 9.64 Å². The number of hydrogen-bond acceptors (Lipinski definition) is 5. The van der Waals surface area contributed by atoms with E-state index in [4.69, 9.17) is 4.74 Å². The van der Waals surface area contributed by atoms with Crippen molar-refractivity contribution < 1.29 is 13.9 Å². The zero-order chi connectivity index (χ0) is 21.3. The Bertz CT molecular complexity index is 1040. The number of piperidine rings is 1. The van der Waals surface area contributed by atoms with Gasteiger partial charge in [0, 0.05) is 50.3 Å². The highest BCUT2D eigenvalue weighted by atomic mass is 19.1. The SMILES string of the molecule is Cc1cc(OC2CCN(C(=O)c3cc(-c4ccc(F)cc4)nn3C)CC2)nc(C)n1. The summed E-state index contributed by atoms with van der Waals surface area (Å²) in [5.74, 6) is 0.903. The Balaban J connectivity index is 1.40. The minimum atomic E-state index is -0.302. The first-order valence-electron chi connectivity index (χ1n) is 9.97. The largest absolute Gasteiger partial charge is 0.474 e. The van der Waals surface area contributed by atoms with Crippen molar-refractivity contribution in [1.82, 2.24) is 24.6 Å². The summed E-state index contributed by atoms with van der Waals surface area (Å²) in [5, 5.41) is 4.42. The monoisotopic (exact) mass is 409 g/mol. The number of amides is 1. The van der Waals surface area contributed by atoms with E-state index in [9.17, 15) is 9.18 Å². The lowest BCUT2D eigenvalue weighted by Gasteiger charge is -2.31. The molecule has 1 aliphatic heterocycles. The van der Waals surface area contributed by atoms with Gasteiger partial charge in [-0.1, -0.05) is 0 Å². The molecular formula is C22H24FN5O2. The van der Waals surface area contributed by atoms with Crippen molar-refractivity contribution in [3.8, 4) is 17.1 Å². The Morgan fingerprint density at radius 1 is 1.10 bits per heavy atom. The van der Waals surface area contributed by atoms with Crippen molar-refractivity contribution in [3.63, 3.8) is 0 Å². The van der Waals surface area contributed by atoms with Crippen LogP contribution >= 0.6 is 0 Å². The Hall–Kier alpha value is -3.29. The molecule has 3 heterocycles. The lowest BCUT2D eigenvalue weighted by molar-refractivity contribution is 0.0577. The maximum Gasteiger partial charge on any atom is 0.272 e. The number of ether oxygens (including phenoxy) is 1. The molecule has 0 atom stereocenters. The minimum Gasteiger partial charge on any atom is -0.474 e. The van der Waals surface area contributed by atoms with Gasteiger partial charge in [-0.3, -0.25) is 9.48 Å². The first-order valence-corrected chi connectivity index (χ1v) is 9.97. The molecule has 0 bridgehead atoms. The van der Waals surface area contributed by atoms with Crippen LogP contribution in [0.3, 0.4) is 0 Å². The summed E-state index contributed by atoms with van der Waals surface area (Å²) in [6.45, 7) is 4.96. The van der Waals surface area contributed by atoms with E-state index in [-0.39, 0.29) is 17.8 Å². The molecule has 1 amide bonds. The van der Waals surface area contributed by atoms with E-state index in [0.29, 0.717) is 36.2 Å². The van der Waals surface area contributed by atoms with Gasteiger partial charge in [-0.05, 0) is 44.2 Å². The summed E-state index contributed by atoms with van der Waals surface area (Å²) >= 11 is 0. The molecule has 7 nitrogen and oxygen atoms in total. The van der Waals surface area contributed by atoms with Gasteiger partial charge in [0.15, 0.2) is 0 Å². The zero-order valence-corrected chi connectivity index (χ0v) is 17.3. The van der Waals surface area contributed by atoms with Crippen molar-refractivity contribution in [3.05, 3.63) is 59.4 Å². The van der Waals surface area contributed by atoms with Crippen molar-refractivity contribution in [1.29, 1.82) is 0 Å². The van der Waals surface area contributed by atoms with Crippen LogP contribution in [0, 0.1) is 19.7 Å². The molecule has 1 saturated heterocycles. The van der Waals surface area contributed by atoms with Crippen LogP contribution in [0.15, 0.2) is 36.4 Å². The molecule has 0 unspecified atom stereocenters. The summed E-state index contributed by atoms with van der Waals surface area (Å²) < 4.78 is 20.8. The van der Waals surface area contributed by atoms with E-state index in [2.05, 4.69) is 15.1 Å². The predicted octanol–water partition coefficient (Wildman–Crippen LogP) is 3.32. The van der Waals surface area contributed by atoms with E-state index >= 15 is 0 Å². The normalized spacial score (nSPS) is 14.7. The second-order valence-electron chi connectivity index (χ2n) is 7.55. The van der Waals surface area contributed by atoms with Crippen LogP contribution in [-0.4, -0.2) is 49.7 Å². The number of nitrogens with zero attached hydrogens (tertiary/aromatic N) is 5. The standard InChI is InChI=1S/C22H24FN5O2/c1-14-12-21(25-15(2)24-14)30-18-8-10-28(11-9-18)22(29)20-13-19(26-27(20)3)16-4-6-17(23)7-5-16/h4-7,12-13,18H,8-11H2,1-3H3. The highest BCUT2D eigenvalue weighted by Crippen LogP contribution is 2.23. The number of carbonyl (C=O) groups excluding carboxylic acids is 1. The van der Waals surface area contributed by atoms with Crippen LogP contribution in [0.5, 0.6) is 5.88 Å². The lowest BCUT2D eigenvalue weighted by Crippen LogP contribution is -2.42. The third-order valence-corrected chi connectivity index (χ3v) is 5.20. The fourth-order valence-electron chi connectivity index (χ4n) is 3.68. The highest BCUT2D eigenvalue weighted by Gasteiger charge is 2.27. The van der Waals surface area contributed by atoms with Gasteiger partial charge in [-0.2, -0.15) is 10.1 Å². The summed E-state index contributed by atoms with van der Waals surface area (Å²) in [5.41, 5.74) is 2.80. The fourth-order valence-corrected chi connectivity index (χ4v) is 3.68. The molecule has 2 aromatic heterocycles. The number of rotatable bonds is 4. The second-order valence-corrected chi connectivity index (χ2v) is 7.55. The Morgan fingerprint density at radius 2 is 1.80 bits per heavy atom. The zero-order valence-electron chi connectivity index (χ0n) is 17.3. The topological polar surface area (TPSA) is 73.1 Å². The summed E-state index contributed by atoms with van der Waals surface area (Å²) in [4.78, 5) is 23.4.